The molecule has 0 saturated carbocycles. The minimum atomic E-state index is -0.534. The molecule has 0 bridgehead atoms. The molecule has 4 heteroatoms. The van der Waals surface area contributed by atoms with Gasteiger partial charge in [-0.3, -0.25) is 4.79 Å². The van der Waals surface area contributed by atoms with Crippen LogP contribution in [0.2, 0.25) is 0 Å². The van der Waals surface area contributed by atoms with Crippen LogP contribution in [0.15, 0.2) is 30.3 Å². The van der Waals surface area contributed by atoms with Crippen molar-refractivity contribution in [1.29, 1.82) is 0 Å². The van der Waals surface area contributed by atoms with E-state index in [9.17, 15) is 9.90 Å². The van der Waals surface area contributed by atoms with Crippen LogP contribution in [-0.4, -0.2) is 23.7 Å². The largest absolute Gasteiger partial charge is 0.394 e. The molecule has 0 aliphatic carbocycles. The van der Waals surface area contributed by atoms with Crippen LogP contribution in [-0.2, 0) is 4.79 Å². The number of carbonyl (C=O) groups is 1. The Morgan fingerprint density at radius 1 is 1.39 bits per heavy atom. The fourth-order valence-electron chi connectivity index (χ4n) is 1.70. The van der Waals surface area contributed by atoms with Gasteiger partial charge in [0.05, 0.1) is 18.7 Å². The van der Waals surface area contributed by atoms with Gasteiger partial charge in [-0.05, 0) is 11.5 Å². The van der Waals surface area contributed by atoms with E-state index in [-0.39, 0.29) is 18.4 Å². The van der Waals surface area contributed by atoms with E-state index >= 15 is 0 Å². The second kappa shape index (κ2) is 7.13. The molecule has 1 amide bonds. The molecule has 1 aromatic rings. The fourth-order valence-corrected chi connectivity index (χ4v) is 1.70. The first kappa shape index (κ1) is 14.7. The van der Waals surface area contributed by atoms with Crippen molar-refractivity contribution < 1.29 is 9.90 Å². The standard InChI is InChI=1S/C14H22N2O2/c1-3-10(2)13(15)14(18)16-12(9-17)11-7-5-4-6-8-11/h4-8,10,12-13,17H,3,9,15H2,1-2H3,(H,16,18)/t10?,12-,13?/m1/s1. The summed E-state index contributed by atoms with van der Waals surface area (Å²) < 4.78 is 0. The van der Waals surface area contributed by atoms with E-state index in [0.29, 0.717) is 0 Å². The van der Waals surface area contributed by atoms with Crippen LogP contribution >= 0.6 is 0 Å². The molecule has 2 unspecified atom stereocenters. The third kappa shape index (κ3) is 3.82. The number of benzene rings is 1. The van der Waals surface area contributed by atoms with Gasteiger partial charge in [-0.15, -0.1) is 0 Å². The zero-order valence-electron chi connectivity index (χ0n) is 11.0. The monoisotopic (exact) mass is 250 g/mol. The van der Waals surface area contributed by atoms with Gasteiger partial charge in [0, 0.05) is 0 Å². The first-order valence-electron chi connectivity index (χ1n) is 6.31. The van der Waals surface area contributed by atoms with E-state index in [4.69, 9.17) is 5.73 Å². The molecule has 0 radical (unpaired) electrons. The molecule has 1 rings (SSSR count). The number of hydrogen-bond acceptors (Lipinski definition) is 3. The molecule has 0 aliphatic heterocycles. The topological polar surface area (TPSA) is 75.4 Å². The summed E-state index contributed by atoms with van der Waals surface area (Å²) >= 11 is 0. The van der Waals surface area contributed by atoms with Gasteiger partial charge in [-0.1, -0.05) is 50.6 Å². The van der Waals surface area contributed by atoms with Crippen LogP contribution in [0, 0.1) is 5.92 Å². The van der Waals surface area contributed by atoms with Crippen LogP contribution < -0.4 is 11.1 Å². The molecule has 1 aromatic carbocycles. The number of aliphatic hydroxyl groups excluding tert-OH is 1. The Kier molecular flexibility index (Phi) is 5.82. The lowest BCUT2D eigenvalue weighted by atomic mass is 9.98. The molecular formula is C14H22N2O2. The lowest BCUT2D eigenvalue weighted by molar-refractivity contribution is -0.124. The average molecular weight is 250 g/mol. The van der Waals surface area contributed by atoms with Crippen molar-refractivity contribution in [2.24, 2.45) is 11.7 Å². The number of nitrogens with two attached hydrogens (primary N) is 1. The Morgan fingerprint density at radius 3 is 2.50 bits per heavy atom. The smallest absolute Gasteiger partial charge is 0.237 e. The molecule has 4 nitrogen and oxygen atoms in total. The maximum absolute atomic E-state index is 11.9. The van der Waals surface area contributed by atoms with E-state index in [2.05, 4.69) is 5.32 Å². The van der Waals surface area contributed by atoms with Crippen LogP contribution in [0.5, 0.6) is 0 Å². The normalized spacial score (nSPS) is 15.8. The van der Waals surface area contributed by atoms with Crippen LogP contribution in [0.25, 0.3) is 0 Å². The molecule has 0 spiro atoms. The first-order chi connectivity index (χ1) is 8.60. The summed E-state index contributed by atoms with van der Waals surface area (Å²) in [6.07, 6.45) is 0.851. The summed E-state index contributed by atoms with van der Waals surface area (Å²) in [5.41, 5.74) is 6.74. The van der Waals surface area contributed by atoms with Crippen molar-refractivity contribution >= 4 is 5.91 Å². The zero-order chi connectivity index (χ0) is 13.5. The summed E-state index contributed by atoms with van der Waals surface area (Å²) in [7, 11) is 0. The molecule has 4 N–H and O–H groups in total. The van der Waals surface area contributed by atoms with Gasteiger partial charge in [0.15, 0.2) is 0 Å². The highest BCUT2D eigenvalue weighted by Crippen LogP contribution is 2.13. The van der Waals surface area contributed by atoms with Crippen LogP contribution in [0.1, 0.15) is 31.9 Å². The second-order valence-corrected chi connectivity index (χ2v) is 4.57. The molecular weight excluding hydrogens is 228 g/mol. The van der Waals surface area contributed by atoms with E-state index in [1.165, 1.54) is 0 Å². The van der Waals surface area contributed by atoms with Crippen molar-refractivity contribution in [1.82, 2.24) is 5.32 Å². The van der Waals surface area contributed by atoms with Crippen molar-refractivity contribution in [3.05, 3.63) is 35.9 Å². The number of hydrogen-bond donors (Lipinski definition) is 3. The number of nitrogens with one attached hydrogen (secondary N) is 1. The maximum Gasteiger partial charge on any atom is 0.237 e. The Bertz CT molecular complexity index is 367. The lowest BCUT2D eigenvalue weighted by Gasteiger charge is -2.22. The number of aliphatic hydroxyl groups is 1. The first-order valence-corrected chi connectivity index (χ1v) is 6.31. The van der Waals surface area contributed by atoms with Gasteiger partial charge < -0.3 is 16.2 Å². The van der Waals surface area contributed by atoms with Gasteiger partial charge in [0.25, 0.3) is 0 Å². The zero-order valence-corrected chi connectivity index (χ0v) is 11.0. The summed E-state index contributed by atoms with van der Waals surface area (Å²) in [5.74, 6) is -0.0904. The Morgan fingerprint density at radius 2 is 2.00 bits per heavy atom. The van der Waals surface area contributed by atoms with Gasteiger partial charge in [0.2, 0.25) is 5.91 Å². The van der Waals surface area contributed by atoms with E-state index in [1.54, 1.807) is 0 Å². The van der Waals surface area contributed by atoms with Gasteiger partial charge in [-0.25, -0.2) is 0 Å². The highest BCUT2D eigenvalue weighted by Gasteiger charge is 2.22. The predicted molar refractivity (Wildman–Crippen MR) is 71.8 cm³/mol. The van der Waals surface area contributed by atoms with Crippen LogP contribution in [0.3, 0.4) is 0 Å². The molecule has 0 aromatic heterocycles. The van der Waals surface area contributed by atoms with Gasteiger partial charge in [0.1, 0.15) is 0 Å². The fraction of sp³-hybridized carbons (Fsp3) is 0.500. The van der Waals surface area contributed by atoms with Crippen molar-refractivity contribution in [3.8, 4) is 0 Å². The highest BCUT2D eigenvalue weighted by atomic mass is 16.3. The molecule has 0 fully saturated rings. The average Bonchev–Trinajstić information content (AvgIpc) is 2.43. The number of rotatable bonds is 6. The minimum Gasteiger partial charge on any atom is -0.394 e. The summed E-state index contributed by atoms with van der Waals surface area (Å²) in [6.45, 7) is 3.81. The molecule has 3 atom stereocenters. The maximum atomic E-state index is 11.9. The van der Waals surface area contributed by atoms with Gasteiger partial charge in [-0.2, -0.15) is 0 Å². The molecule has 0 heterocycles. The third-order valence-electron chi connectivity index (χ3n) is 3.26. The minimum absolute atomic E-state index is 0.125. The Labute approximate surface area is 108 Å². The summed E-state index contributed by atoms with van der Waals surface area (Å²) in [5, 5.41) is 12.1. The van der Waals surface area contributed by atoms with E-state index in [1.807, 2.05) is 44.2 Å². The Hall–Kier alpha value is -1.39. The van der Waals surface area contributed by atoms with Crippen molar-refractivity contribution in [2.45, 2.75) is 32.4 Å². The summed E-state index contributed by atoms with van der Waals surface area (Å²) in [6, 6.07) is 8.45. The molecule has 0 aliphatic rings. The van der Waals surface area contributed by atoms with E-state index in [0.717, 1.165) is 12.0 Å². The van der Waals surface area contributed by atoms with Gasteiger partial charge >= 0.3 is 0 Å². The Balaban J connectivity index is 2.67. The highest BCUT2D eigenvalue weighted by molar-refractivity contribution is 5.82. The predicted octanol–water partition coefficient (Wildman–Crippen LogP) is 1.21. The molecule has 0 saturated heterocycles. The summed E-state index contributed by atoms with van der Waals surface area (Å²) in [4.78, 5) is 11.9. The molecule has 18 heavy (non-hydrogen) atoms. The third-order valence-corrected chi connectivity index (χ3v) is 3.26. The van der Waals surface area contributed by atoms with Crippen molar-refractivity contribution in [2.75, 3.05) is 6.61 Å². The lowest BCUT2D eigenvalue weighted by Crippen LogP contribution is -2.46. The van der Waals surface area contributed by atoms with Crippen molar-refractivity contribution in [3.63, 3.8) is 0 Å². The second-order valence-electron chi connectivity index (χ2n) is 4.57. The molecule has 100 valence electrons. The number of carbonyl (C=O) groups excluding carboxylic acids is 1. The van der Waals surface area contributed by atoms with E-state index < -0.39 is 12.1 Å². The quantitative estimate of drug-likeness (QED) is 0.710. The SMILES string of the molecule is CCC(C)C(N)C(=O)N[C@H](CO)c1ccccc1. The van der Waals surface area contributed by atoms with Crippen LogP contribution in [0.4, 0.5) is 0 Å². The number of amides is 1.